The molecule has 0 aromatic heterocycles. The normalized spacial score (nSPS) is 10.1. The number of thiocarbonyl (C=S) groups is 1. The second kappa shape index (κ2) is 9.08. The first-order valence-electron chi connectivity index (χ1n) is 7.81. The van der Waals surface area contributed by atoms with E-state index in [4.69, 9.17) is 21.7 Å². The van der Waals surface area contributed by atoms with Gasteiger partial charge in [0.05, 0.1) is 13.2 Å². The summed E-state index contributed by atoms with van der Waals surface area (Å²) in [7, 11) is 0. The number of hydrogen-bond acceptors (Lipinski definition) is 3. The van der Waals surface area contributed by atoms with E-state index in [1.807, 2.05) is 32.0 Å². The summed E-state index contributed by atoms with van der Waals surface area (Å²) in [5.74, 6) is 1.12. The molecule has 0 unspecified atom stereocenters. The van der Waals surface area contributed by atoms with E-state index in [0.717, 1.165) is 11.3 Å². The Balaban J connectivity index is 1.95. The van der Waals surface area contributed by atoms with E-state index in [-0.39, 0.29) is 5.82 Å². The average molecular weight is 348 g/mol. The number of ether oxygens (including phenoxy) is 2. The lowest BCUT2D eigenvalue weighted by Crippen LogP contribution is -2.27. The summed E-state index contributed by atoms with van der Waals surface area (Å²) < 4.78 is 24.0. The fourth-order valence-corrected chi connectivity index (χ4v) is 2.28. The number of rotatable bonds is 7. The second-order valence-corrected chi connectivity index (χ2v) is 5.37. The third kappa shape index (κ3) is 5.38. The molecule has 0 aliphatic rings. The van der Waals surface area contributed by atoms with E-state index in [9.17, 15) is 4.39 Å². The zero-order chi connectivity index (χ0) is 17.4. The highest BCUT2D eigenvalue weighted by atomic mass is 32.1. The maximum atomic E-state index is 12.9. The minimum Gasteiger partial charge on any atom is -0.490 e. The molecule has 0 bridgehead atoms. The maximum Gasteiger partial charge on any atom is 0.171 e. The molecular weight excluding hydrogens is 327 g/mol. The van der Waals surface area contributed by atoms with E-state index in [2.05, 4.69) is 10.6 Å². The van der Waals surface area contributed by atoms with E-state index in [1.54, 1.807) is 12.1 Å². The Kier molecular flexibility index (Phi) is 6.81. The van der Waals surface area contributed by atoms with Crippen molar-refractivity contribution in [1.29, 1.82) is 0 Å². The SMILES string of the molecule is CCOc1ccc(NC(=S)NCc2ccc(F)cc2)cc1OCC. The lowest BCUT2D eigenvalue weighted by Gasteiger charge is -2.14. The van der Waals surface area contributed by atoms with Crippen molar-refractivity contribution in [1.82, 2.24) is 5.32 Å². The molecule has 0 aliphatic carbocycles. The van der Waals surface area contributed by atoms with Crippen LogP contribution in [-0.4, -0.2) is 18.3 Å². The molecule has 0 spiro atoms. The van der Waals surface area contributed by atoms with Crippen molar-refractivity contribution in [3.05, 3.63) is 53.8 Å². The zero-order valence-electron chi connectivity index (χ0n) is 13.8. The van der Waals surface area contributed by atoms with Crippen LogP contribution in [-0.2, 0) is 6.54 Å². The van der Waals surface area contributed by atoms with Crippen molar-refractivity contribution in [3.63, 3.8) is 0 Å². The van der Waals surface area contributed by atoms with E-state index < -0.39 is 0 Å². The molecule has 0 atom stereocenters. The van der Waals surface area contributed by atoms with Gasteiger partial charge in [-0.05, 0) is 55.9 Å². The van der Waals surface area contributed by atoms with Crippen molar-refractivity contribution < 1.29 is 13.9 Å². The molecule has 2 N–H and O–H groups in total. The standard InChI is InChI=1S/C18H21FN2O2S/c1-3-22-16-10-9-15(11-17(16)23-4-2)21-18(24)20-12-13-5-7-14(19)8-6-13/h5-11H,3-4,12H2,1-2H3,(H2,20,21,24). The molecule has 24 heavy (non-hydrogen) atoms. The van der Waals surface area contributed by atoms with Crippen LogP contribution in [0.25, 0.3) is 0 Å². The Hall–Kier alpha value is -2.34. The van der Waals surface area contributed by atoms with E-state index in [0.29, 0.717) is 36.4 Å². The third-order valence-corrected chi connectivity index (χ3v) is 3.41. The molecule has 0 fully saturated rings. The van der Waals surface area contributed by atoms with Crippen LogP contribution in [0.4, 0.5) is 10.1 Å². The zero-order valence-corrected chi connectivity index (χ0v) is 14.6. The molecule has 0 saturated carbocycles. The Morgan fingerprint density at radius 3 is 2.33 bits per heavy atom. The maximum absolute atomic E-state index is 12.9. The number of anilines is 1. The largest absolute Gasteiger partial charge is 0.490 e. The molecule has 4 nitrogen and oxygen atoms in total. The summed E-state index contributed by atoms with van der Waals surface area (Å²) in [5.41, 5.74) is 1.75. The Morgan fingerprint density at radius 2 is 1.67 bits per heavy atom. The van der Waals surface area contributed by atoms with Crippen LogP contribution >= 0.6 is 12.2 Å². The quantitative estimate of drug-likeness (QED) is 0.737. The van der Waals surface area contributed by atoms with E-state index in [1.165, 1.54) is 12.1 Å². The van der Waals surface area contributed by atoms with Gasteiger partial charge in [-0.15, -0.1) is 0 Å². The topological polar surface area (TPSA) is 42.5 Å². The van der Waals surface area contributed by atoms with E-state index >= 15 is 0 Å². The summed E-state index contributed by atoms with van der Waals surface area (Å²) in [6.07, 6.45) is 0. The monoisotopic (exact) mass is 348 g/mol. The molecule has 128 valence electrons. The van der Waals surface area contributed by atoms with Gasteiger partial charge in [0, 0.05) is 18.3 Å². The van der Waals surface area contributed by atoms with Gasteiger partial charge in [0.2, 0.25) is 0 Å². The fraction of sp³-hybridized carbons (Fsp3) is 0.278. The summed E-state index contributed by atoms with van der Waals surface area (Å²) in [6, 6.07) is 11.9. The van der Waals surface area contributed by atoms with Gasteiger partial charge < -0.3 is 20.1 Å². The lowest BCUT2D eigenvalue weighted by atomic mass is 10.2. The van der Waals surface area contributed by atoms with Gasteiger partial charge in [-0.25, -0.2) is 4.39 Å². The summed E-state index contributed by atoms with van der Waals surface area (Å²) in [6.45, 7) is 5.49. The van der Waals surface area contributed by atoms with Gasteiger partial charge in [0.25, 0.3) is 0 Å². The molecule has 2 aromatic carbocycles. The predicted octanol–water partition coefficient (Wildman–Crippen LogP) is 4.11. The molecule has 0 heterocycles. The Morgan fingerprint density at radius 1 is 1.00 bits per heavy atom. The Bertz CT molecular complexity index is 677. The highest BCUT2D eigenvalue weighted by Crippen LogP contribution is 2.30. The van der Waals surface area contributed by atoms with Crippen LogP contribution in [0.2, 0.25) is 0 Å². The minimum atomic E-state index is -0.253. The Labute approximate surface area is 147 Å². The van der Waals surface area contributed by atoms with Gasteiger partial charge in [-0.3, -0.25) is 0 Å². The summed E-state index contributed by atoms with van der Waals surface area (Å²) >= 11 is 5.28. The molecule has 2 rings (SSSR count). The first kappa shape index (κ1) is 18.0. The molecule has 2 aromatic rings. The van der Waals surface area contributed by atoms with Crippen LogP contribution in [0.5, 0.6) is 11.5 Å². The van der Waals surface area contributed by atoms with Crippen LogP contribution < -0.4 is 20.1 Å². The van der Waals surface area contributed by atoms with Gasteiger partial charge in [-0.2, -0.15) is 0 Å². The highest BCUT2D eigenvalue weighted by molar-refractivity contribution is 7.80. The van der Waals surface area contributed by atoms with Gasteiger partial charge in [0.15, 0.2) is 16.6 Å². The van der Waals surface area contributed by atoms with Crippen LogP contribution in [0.15, 0.2) is 42.5 Å². The smallest absolute Gasteiger partial charge is 0.171 e. The molecule has 0 aliphatic heterocycles. The van der Waals surface area contributed by atoms with Crippen LogP contribution in [0, 0.1) is 5.82 Å². The van der Waals surface area contributed by atoms with Gasteiger partial charge in [-0.1, -0.05) is 12.1 Å². The predicted molar refractivity (Wildman–Crippen MR) is 98.2 cm³/mol. The molecule has 0 amide bonds. The first-order chi connectivity index (χ1) is 11.6. The lowest BCUT2D eigenvalue weighted by molar-refractivity contribution is 0.288. The van der Waals surface area contributed by atoms with Crippen molar-refractivity contribution in [2.24, 2.45) is 0 Å². The third-order valence-electron chi connectivity index (χ3n) is 3.17. The molecule has 0 saturated heterocycles. The summed E-state index contributed by atoms with van der Waals surface area (Å²) in [4.78, 5) is 0. The average Bonchev–Trinajstić information content (AvgIpc) is 2.57. The van der Waals surface area contributed by atoms with Gasteiger partial charge in [0.1, 0.15) is 5.82 Å². The highest BCUT2D eigenvalue weighted by Gasteiger charge is 2.07. The van der Waals surface area contributed by atoms with Gasteiger partial charge >= 0.3 is 0 Å². The van der Waals surface area contributed by atoms with Crippen molar-refractivity contribution in [2.45, 2.75) is 20.4 Å². The number of benzene rings is 2. The number of halogens is 1. The van der Waals surface area contributed by atoms with Crippen molar-refractivity contribution >= 4 is 23.0 Å². The summed E-state index contributed by atoms with van der Waals surface area (Å²) in [5, 5.41) is 6.66. The number of hydrogen-bond donors (Lipinski definition) is 2. The van der Waals surface area contributed by atoms with Crippen LogP contribution in [0.1, 0.15) is 19.4 Å². The minimum absolute atomic E-state index is 0.253. The van der Waals surface area contributed by atoms with Crippen molar-refractivity contribution in [3.8, 4) is 11.5 Å². The second-order valence-electron chi connectivity index (χ2n) is 4.96. The first-order valence-corrected chi connectivity index (χ1v) is 8.22. The fourth-order valence-electron chi connectivity index (χ4n) is 2.09. The molecular formula is C18H21FN2O2S. The molecule has 6 heteroatoms. The van der Waals surface area contributed by atoms with Crippen LogP contribution in [0.3, 0.4) is 0 Å². The molecule has 0 radical (unpaired) electrons. The number of nitrogens with one attached hydrogen (secondary N) is 2. The van der Waals surface area contributed by atoms with Crippen molar-refractivity contribution in [2.75, 3.05) is 18.5 Å².